The van der Waals surface area contributed by atoms with Gasteiger partial charge in [0.25, 0.3) is 0 Å². The summed E-state index contributed by atoms with van der Waals surface area (Å²) in [5.74, 6) is 0.831. The van der Waals surface area contributed by atoms with E-state index in [1.54, 1.807) is 11.3 Å². The van der Waals surface area contributed by atoms with E-state index in [9.17, 15) is 0 Å². The molecule has 0 saturated heterocycles. The zero-order chi connectivity index (χ0) is 32.1. The molecule has 7 aromatic carbocycles. The van der Waals surface area contributed by atoms with E-state index in [0.717, 1.165) is 27.2 Å². The molecule has 11 rings (SSSR count). The van der Waals surface area contributed by atoms with Crippen molar-refractivity contribution in [1.29, 1.82) is 0 Å². The van der Waals surface area contributed by atoms with Crippen molar-refractivity contribution in [2.45, 2.75) is 0 Å². The molecule has 0 amide bonds. The van der Waals surface area contributed by atoms with Gasteiger partial charge in [-0.15, -0.1) is 11.3 Å². The number of benzene rings is 7. The van der Waals surface area contributed by atoms with E-state index >= 15 is 0 Å². The second kappa shape index (κ2) is 10.1. The summed E-state index contributed by atoms with van der Waals surface area (Å²) in [5, 5.41) is 8.53. The zero-order valence-corrected chi connectivity index (χ0v) is 27.0. The van der Waals surface area contributed by atoms with Crippen LogP contribution in [0.4, 0.5) is 0 Å². The van der Waals surface area contributed by atoms with Crippen LogP contribution < -0.4 is 0 Å². The van der Waals surface area contributed by atoms with Gasteiger partial charge in [-0.25, -0.2) is 9.97 Å². The molecule has 0 N–H and O–H groups in total. The Hall–Kier alpha value is -6.30. The lowest BCUT2D eigenvalue weighted by molar-refractivity contribution is 1.08. The van der Waals surface area contributed by atoms with Crippen LogP contribution in [-0.4, -0.2) is 19.1 Å². The molecule has 0 saturated carbocycles. The first-order chi connectivity index (χ1) is 24.3. The summed E-state index contributed by atoms with van der Waals surface area (Å²) in [6.07, 6.45) is 1.94. The predicted molar refractivity (Wildman–Crippen MR) is 207 cm³/mol. The molecule has 0 spiro atoms. The summed E-state index contributed by atoms with van der Waals surface area (Å²) < 4.78 is 5.84. The fourth-order valence-electron chi connectivity index (χ4n) is 7.81. The number of thiophene rings is 1. The molecule has 4 aromatic heterocycles. The van der Waals surface area contributed by atoms with Crippen LogP contribution in [0.2, 0.25) is 0 Å². The highest BCUT2D eigenvalue weighted by Crippen LogP contribution is 2.40. The molecule has 0 fully saturated rings. The van der Waals surface area contributed by atoms with E-state index in [2.05, 4.69) is 161 Å². The van der Waals surface area contributed by atoms with Crippen LogP contribution in [-0.2, 0) is 0 Å². The van der Waals surface area contributed by atoms with Crippen LogP contribution in [0, 0.1) is 0 Å². The van der Waals surface area contributed by atoms with Crippen molar-refractivity contribution in [3.8, 4) is 22.6 Å². The summed E-state index contributed by atoms with van der Waals surface area (Å²) in [6, 6.07) is 54.6. The van der Waals surface area contributed by atoms with Crippen molar-refractivity contribution in [3.05, 3.63) is 158 Å². The average molecular weight is 643 g/mol. The number of hydrogen-bond donors (Lipinski definition) is 0. The Morgan fingerprint density at radius 1 is 0.469 bits per heavy atom. The molecule has 4 heterocycles. The molecule has 0 radical (unpaired) electrons. The highest BCUT2D eigenvalue weighted by Gasteiger charge is 2.18. The minimum absolute atomic E-state index is 0.831. The van der Waals surface area contributed by atoms with Crippen LogP contribution in [0.1, 0.15) is 0 Å². The smallest absolute Gasteiger partial charge is 0.157 e. The summed E-state index contributed by atoms with van der Waals surface area (Å²) in [5.41, 5.74) is 9.17. The topological polar surface area (TPSA) is 35.6 Å². The van der Waals surface area contributed by atoms with Crippen molar-refractivity contribution in [2.75, 3.05) is 0 Å². The lowest BCUT2D eigenvalue weighted by atomic mass is 10.0. The zero-order valence-electron chi connectivity index (χ0n) is 26.2. The first kappa shape index (κ1) is 26.7. The molecule has 49 heavy (non-hydrogen) atoms. The van der Waals surface area contributed by atoms with E-state index in [1.807, 2.05) is 6.20 Å². The Morgan fingerprint density at radius 3 is 1.80 bits per heavy atom. The van der Waals surface area contributed by atoms with Crippen LogP contribution in [0.25, 0.3) is 97.4 Å². The maximum atomic E-state index is 5.25. The van der Waals surface area contributed by atoms with E-state index in [4.69, 9.17) is 9.97 Å². The lowest BCUT2D eigenvalue weighted by Crippen LogP contribution is -1.98. The number of nitrogens with zero attached hydrogens (tertiary/aromatic N) is 4. The van der Waals surface area contributed by atoms with Gasteiger partial charge in [0, 0.05) is 37.3 Å². The Labute approximate surface area is 284 Å². The molecule has 0 unspecified atom stereocenters. The minimum atomic E-state index is 0.831. The summed E-state index contributed by atoms with van der Waals surface area (Å²) in [4.78, 5) is 11.3. The van der Waals surface area contributed by atoms with Crippen molar-refractivity contribution in [3.63, 3.8) is 0 Å². The Bertz CT molecular complexity index is 3110. The quantitative estimate of drug-likeness (QED) is 0.192. The molecule has 0 aliphatic rings. The Morgan fingerprint density at radius 2 is 1.06 bits per heavy atom. The monoisotopic (exact) mass is 642 g/mol. The summed E-state index contributed by atoms with van der Waals surface area (Å²) >= 11 is 1.71. The van der Waals surface area contributed by atoms with E-state index in [1.165, 1.54) is 70.3 Å². The third-order valence-electron chi connectivity index (χ3n) is 9.98. The number of hydrogen-bond acceptors (Lipinski definition) is 3. The number of para-hydroxylation sites is 3. The second-order valence-electron chi connectivity index (χ2n) is 12.6. The normalized spacial score (nSPS) is 12.1. The maximum Gasteiger partial charge on any atom is 0.157 e. The molecule has 11 aromatic rings. The van der Waals surface area contributed by atoms with Crippen LogP contribution in [0.15, 0.2) is 158 Å². The Balaban J connectivity index is 1.09. The van der Waals surface area contributed by atoms with Crippen molar-refractivity contribution >= 4 is 86.2 Å². The van der Waals surface area contributed by atoms with Gasteiger partial charge in [-0.2, -0.15) is 0 Å². The van der Waals surface area contributed by atoms with E-state index in [0.29, 0.717) is 0 Å². The first-order valence-corrected chi connectivity index (χ1v) is 17.3. The fraction of sp³-hybridized carbons (Fsp3) is 0. The van der Waals surface area contributed by atoms with E-state index < -0.39 is 0 Å². The molecule has 0 aliphatic heterocycles. The number of aromatic nitrogens is 4. The third kappa shape index (κ3) is 3.85. The molecule has 0 atom stereocenters. The van der Waals surface area contributed by atoms with Crippen molar-refractivity contribution in [1.82, 2.24) is 19.1 Å². The molecule has 0 bridgehead atoms. The van der Waals surface area contributed by atoms with Crippen LogP contribution in [0.3, 0.4) is 0 Å². The standard InChI is InChI=1S/C44H26N4S/c1-2-11-30(12-3-1)47-36-16-8-6-14-32(36)34-24-28(18-21-38(34)47)29-19-22-39-35(25-29)33-15-7-9-17-37(33)48(39)41-26-45-43-42-31-13-5-4-10-27(31)20-23-40(42)49-44(43)46-41/h1-26H. The first-order valence-electron chi connectivity index (χ1n) is 16.5. The summed E-state index contributed by atoms with van der Waals surface area (Å²) in [6.45, 7) is 0. The third-order valence-corrected chi connectivity index (χ3v) is 11.0. The number of fused-ring (bicyclic) bond motifs is 11. The van der Waals surface area contributed by atoms with E-state index in [-0.39, 0.29) is 0 Å². The molecular weight excluding hydrogens is 617 g/mol. The van der Waals surface area contributed by atoms with Gasteiger partial charge in [-0.1, -0.05) is 97.1 Å². The van der Waals surface area contributed by atoms with Gasteiger partial charge in [0.15, 0.2) is 5.82 Å². The van der Waals surface area contributed by atoms with Crippen LogP contribution >= 0.6 is 11.3 Å². The van der Waals surface area contributed by atoms with Crippen molar-refractivity contribution in [2.24, 2.45) is 0 Å². The van der Waals surface area contributed by atoms with Crippen molar-refractivity contribution < 1.29 is 0 Å². The maximum absolute atomic E-state index is 5.25. The van der Waals surface area contributed by atoms with Gasteiger partial charge in [0.05, 0.1) is 28.3 Å². The highest BCUT2D eigenvalue weighted by molar-refractivity contribution is 7.25. The van der Waals surface area contributed by atoms with Gasteiger partial charge < -0.3 is 4.57 Å². The van der Waals surface area contributed by atoms with Gasteiger partial charge in [-0.3, -0.25) is 4.57 Å². The second-order valence-corrected chi connectivity index (χ2v) is 13.7. The highest BCUT2D eigenvalue weighted by atomic mass is 32.1. The fourth-order valence-corrected chi connectivity index (χ4v) is 8.85. The number of rotatable bonds is 3. The SMILES string of the molecule is c1ccc(-n2c3ccccc3c3cc(-c4ccc5c(c4)c4ccccc4n5-c4cnc5c(n4)sc4ccc6ccccc6c45)ccc32)cc1. The summed E-state index contributed by atoms with van der Waals surface area (Å²) in [7, 11) is 0. The molecule has 4 nitrogen and oxygen atoms in total. The van der Waals surface area contributed by atoms with Gasteiger partial charge in [0.2, 0.25) is 0 Å². The van der Waals surface area contributed by atoms with Crippen LogP contribution in [0.5, 0.6) is 0 Å². The molecule has 5 heteroatoms. The van der Waals surface area contributed by atoms with Gasteiger partial charge in [-0.05, 0) is 76.5 Å². The molecule has 228 valence electrons. The average Bonchev–Trinajstić information content (AvgIpc) is 3.82. The largest absolute Gasteiger partial charge is 0.309 e. The minimum Gasteiger partial charge on any atom is -0.309 e. The van der Waals surface area contributed by atoms with Gasteiger partial charge in [0.1, 0.15) is 10.3 Å². The van der Waals surface area contributed by atoms with Gasteiger partial charge >= 0.3 is 0 Å². The lowest BCUT2D eigenvalue weighted by Gasteiger charge is -2.09. The Kier molecular flexibility index (Phi) is 5.51. The molecule has 0 aliphatic carbocycles. The predicted octanol–water partition coefficient (Wildman–Crippen LogP) is 11.9. The molecular formula is C44H26N4S.